The van der Waals surface area contributed by atoms with Crippen molar-refractivity contribution in [3.05, 3.63) is 48.0 Å². The molecule has 2 aromatic carbocycles. The van der Waals surface area contributed by atoms with E-state index in [4.69, 9.17) is 15.2 Å². The number of aliphatic imine (C=N–C) groups is 1. The molecule has 2 heterocycles. The van der Waals surface area contributed by atoms with Crippen LogP contribution in [-0.4, -0.2) is 29.2 Å². The van der Waals surface area contributed by atoms with Gasteiger partial charge in [-0.2, -0.15) is 0 Å². The van der Waals surface area contributed by atoms with Crippen LogP contribution >= 0.6 is 0 Å². The van der Waals surface area contributed by atoms with E-state index in [9.17, 15) is 0 Å². The number of fused-ring (bicyclic) bond motifs is 3. The Morgan fingerprint density at radius 2 is 2.00 bits per heavy atom. The number of imidazole rings is 1. The molecule has 27 heavy (non-hydrogen) atoms. The van der Waals surface area contributed by atoms with E-state index in [0.717, 1.165) is 16.6 Å². The predicted molar refractivity (Wildman–Crippen MR) is 106 cm³/mol. The van der Waals surface area contributed by atoms with Crippen LogP contribution < -0.4 is 20.5 Å². The molecule has 140 valence electrons. The lowest BCUT2D eigenvalue weighted by atomic mass is 10.1. The van der Waals surface area contributed by atoms with E-state index < -0.39 is 0 Å². The monoisotopic (exact) mass is 365 g/mol. The molecule has 0 amide bonds. The number of nitrogens with zero attached hydrogens (tertiary/aromatic N) is 3. The van der Waals surface area contributed by atoms with Crippen molar-refractivity contribution in [2.75, 3.05) is 19.0 Å². The van der Waals surface area contributed by atoms with Gasteiger partial charge in [0.25, 0.3) is 0 Å². The van der Waals surface area contributed by atoms with Crippen molar-refractivity contribution in [2.24, 2.45) is 16.6 Å². The molecule has 1 aromatic heterocycles. The van der Waals surface area contributed by atoms with Gasteiger partial charge in [0.05, 0.1) is 24.8 Å². The zero-order valence-corrected chi connectivity index (χ0v) is 15.6. The fourth-order valence-corrected chi connectivity index (χ4v) is 3.16. The molecule has 0 bridgehead atoms. The second-order valence-corrected chi connectivity index (χ2v) is 6.92. The van der Waals surface area contributed by atoms with Crippen LogP contribution in [-0.2, 0) is 0 Å². The van der Waals surface area contributed by atoms with E-state index in [0.29, 0.717) is 35.9 Å². The number of anilines is 1. The van der Waals surface area contributed by atoms with E-state index in [2.05, 4.69) is 29.1 Å². The van der Waals surface area contributed by atoms with Gasteiger partial charge in [-0.05, 0) is 30.2 Å². The molecule has 3 N–H and O–H groups in total. The number of nitrogens with two attached hydrogens (primary N) is 1. The fourth-order valence-electron chi connectivity index (χ4n) is 3.16. The summed E-state index contributed by atoms with van der Waals surface area (Å²) in [5.41, 5.74) is 8.85. The first-order valence-electron chi connectivity index (χ1n) is 8.95. The largest absolute Gasteiger partial charge is 0.493 e. The van der Waals surface area contributed by atoms with Crippen molar-refractivity contribution in [3.63, 3.8) is 0 Å². The number of hydrogen-bond donors (Lipinski definition) is 2. The third-order valence-electron chi connectivity index (χ3n) is 4.40. The Labute approximate surface area is 157 Å². The maximum Gasteiger partial charge on any atom is 0.212 e. The van der Waals surface area contributed by atoms with Crippen molar-refractivity contribution < 1.29 is 9.47 Å². The molecule has 3 aromatic rings. The summed E-state index contributed by atoms with van der Waals surface area (Å²) in [5.74, 6) is 2.82. The molecule has 1 aliphatic rings. The Morgan fingerprint density at radius 3 is 2.78 bits per heavy atom. The summed E-state index contributed by atoms with van der Waals surface area (Å²) >= 11 is 0. The molecule has 7 nitrogen and oxygen atoms in total. The lowest BCUT2D eigenvalue weighted by Crippen LogP contribution is -2.31. The summed E-state index contributed by atoms with van der Waals surface area (Å²) in [6, 6.07) is 13.8. The maximum atomic E-state index is 6.02. The van der Waals surface area contributed by atoms with Gasteiger partial charge >= 0.3 is 0 Å². The fraction of sp³-hybridized carbons (Fsp3) is 0.300. The van der Waals surface area contributed by atoms with E-state index in [-0.39, 0.29) is 6.17 Å². The van der Waals surface area contributed by atoms with Gasteiger partial charge in [-0.3, -0.25) is 9.88 Å². The third kappa shape index (κ3) is 3.16. The van der Waals surface area contributed by atoms with Gasteiger partial charge in [-0.15, -0.1) is 0 Å². The Hall–Kier alpha value is -3.22. The Morgan fingerprint density at radius 1 is 1.19 bits per heavy atom. The van der Waals surface area contributed by atoms with Crippen LogP contribution in [0, 0.1) is 5.92 Å². The van der Waals surface area contributed by atoms with Gasteiger partial charge < -0.3 is 15.2 Å². The van der Waals surface area contributed by atoms with Crippen molar-refractivity contribution in [1.82, 2.24) is 9.55 Å². The number of guanidine groups is 1. The highest BCUT2D eigenvalue weighted by Crippen LogP contribution is 2.36. The van der Waals surface area contributed by atoms with Crippen LogP contribution in [0.4, 0.5) is 5.95 Å². The lowest BCUT2D eigenvalue weighted by molar-refractivity contribution is 0.256. The van der Waals surface area contributed by atoms with Gasteiger partial charge in [0.2, 0.25) is 5.95 Å². The first-order valence-corrected chi connectivity index (χ1v) is 8.95. The first-order chi connectivity index (χ1) is 13.1. The predicted octanol–water partition coefficient (Wildman–Crippen LogP) is 3.37. The highest BCUT2D eigenvalue weighted by atomic mass is 16.5. The Bertz CT molecular complexity index is 1010. The molecule has 0 spiro atoms. The van der Waals surface area contributed by atoms with Gasteiger partial charge in [0.15, 0.2) is 23.6 Å². The minimum absolute atomic E-state index is 0.332. The summed E-state index contributed by atoms with van der Waals surface area (Å²) in [4.78, 5) is 9.25. The summed E-state index contributed by atoms with van der Waals surface area (Å²) in [6.45, 7) is 4.83. The first kappa shape index (κ1) is 17.2. The SMILES string of the molecule is COc1ccc([C@H]2N=C(N)Nc3nc4ccccc4n32)cc1OCC(C)C. The minimum Gasteiger partial charge on any atom is -0.493 e. The number of hydrogen-bond acceptors (Lipinski definition) is 6. The van der Waals surface area contributed by atoms with Crippen molar-refractivity contribution >= 4 is 22.9 Å². The van der Waals surface area contributed by atoms with Gasteiger partial charge in [0, 0.05) is 5.56 Å². The summed E-state index contributed by atoms with van der Waals surface area (Å²) in [7, 11) is 1.64. The smallest absolute Gasteiger partial charge is 0.212 e. The minimum atomic E-state index is -0.332. The molecule has 0 aliphatic carbocycles. The van der Waals surface area contributed by atoms with Crippen LogP contribution in [0.1, 0.15) is 25.6 Å². The molecule has 0 fully saturated rings. The number of aromatic nitrogens is 2. The number of nitrogens with one attached hydrogen (secondary N) is 1. The maximum absolute atomic E-state index is 6.02. The average Bonchev–Trinajstić information content (AvgIpc) is 3.03. The molecule has 0 unspecified atom stereocenters. The number of ether oxygens (including phenoxy) is 2. The normalized spacial score (nSPS) is 16.0. The molecule has 4 rings (SSSR count). The topological polar surface area (TPSA) is 86.7 Å². The van der Waals surface area contributed by atoms with E-state index in [1.54, 1.807) is 7.11 Å². The third-order valence-corrected chi connectivity index (χ3v) is 4.40. The summed E-state index contributed by atoms with van der Waals surface area (Å²) in [5, 5.41) is 3.05. The highest BCUT2D eigenvalue weighted by molar-refractivity contribution is 5.94. The Kier molecular flexibility index (Phi) is 4.35. The molecule has 1 aliphatic heterocycles. The summed E-state index contributed by atoms with van der Waals surface area (Å²) in [6.07, 6.45) is -0.332. The van der Waals surface area contributed by atoms with Gasteiger partial charge in [-0.25, -0.2) is 9.98 Å². The van der Waals surface area contributed by atoms with Gasteiger partial charge in [0.1, 0.15) is 0 Å². The number of para-hydroxylation sites is 2. The van der Waals surface area contributed by atoms with Crippen molar-refractivity contribution in [1.29, 1.82) is 0 Å². The standard InChI is InChI=1S/C20H23N5O2/c1-12(2)11-27-17-10-13(8-9-16(17)26-3)18-23-19(21)24-20-22-14-6-4-5-7-15(14)25(18)20/h4-10,12,18H,11H2,1-3H3,(H3,21,22,23,24)/t18-/m0/s1. The quantitative estimate of drug-likeness (QED) is 0.724. The molecule has 0 radical (unpaired) electrons. The number of methoxy groups -OCH3 is 1. The zero-order valence-electron chi connectivity index (χ0n) is 15.6. The molecule has 0 saturated carbocycles. The van der Waals surface area contributed by atoms with Crippen molar-refractivity contribution in [3.8, 4) is 11.5 Å². The van der Waals surface area contributed by atoms with Crippen LogP contribution in [0.25, 0.3) is 11.0 Å². The number of benzene rings is 2. The Balaban J connectivity index is 1.81. The molecule has 1 atom stereocenters. The summed E-state index contributed by atoms with van der Waals surface area (Å²) < 4.78 is 13.4. The molecule has 7 heteroatoms. The van der Waals surface area contributed by atoms with Crippen molar-refractivity contribution in [2.45, 2.75) is 20.0 Å². The highest BCUT2D eigenvalue weighted by Gasteiger charge is 2.26. The van der Waals surface area contributed by atoms with E-state index >= 15 is 0 Å². The second kappa shape index (κ2) is 6.83. The average molecular weight is 365 g/mol. The van der Waals surface area contributed by atoms with Crippen LogP contribution in [0.15, 0.2) is 47.5 Å². The molecule has 0 saturated heterocycles. The van der Waals surface area contributed by atoms with Crippen LogP contribution in [0.2, 0.25) is 0 Å². The van der Waals surface area contributed by atoms with Gasteiger partial charge in [-0.1, -0.05) is 32.0 Å². The number of rotatable bonds is 5. The lowest BCUT2D eigenvalue weighted by Gasteiger charge is -2.24. The van der Waals surface area contributed by atoms with E-state index in [1.807, 2.05) is 47.0 Å². The van der Waals surface area contributed by atoms with E-state index in [1.165, 1.54) is 0 Å². The molecular weight excluding hydrogens is 342 g/mol. The van der Waals surface area contributed by atoms with Crippen LogP contribution in [0.5, 0.6) is 11.5 Å². The zero-order chi connectivity index (χ0) is 19.0. The second-order valence-electron chi connectivity index (χ2n) is 6.92. The molecular formula is C20H23N5O2. The van der Waals surface area contributed by atoms with Crippen LogP contribution in [0.3, 0.4) is 0 Å².